The number of anilines is 1. The van der Waals surface area contributed by atoms with Crippen molar-refractivity contribution in [2.24, 2.45) is 5.92 Å². The van der Waals surface area contributed by atoms with Gasteiger partial charge in [-0.2, -0.15) is 0 Å². The molecule has 0 saturated carbocycles. The molecule has 1 aliphatic rings. The van der Waals surface area contributed by atoms with Crippen molar-refractivity contribution in [3.05, 3.63) is 17.8 Å². The van der Waals surface area contributed by atoms with Crippen LogP contribution in [0.15, 0.2) is 12.1 Å². The number of carbonyl (C=O) groups excluding carboxylic acids is 2. The van der Waals surface area contributed by atoms with Gasteiger partial charge in [0, 0.05) is 19.2 Å². The fraction of sp³-hybridized carbons (Fsp3) is 0.562. The fourth-order valence-corrected chi connectivity index (χ4v) is 2.39. The Labute approximate surface area is 130 Å². The molecule has 22 heavy (non-hydrogen) atoms. The predicted molar refractivity (Wildman–Crippen MR) is 84.3 cm³/mol. The monoisotopic (exact) mass is 305 g/mol. The quantitative estimate of drug-likeness (QED) is 0.595. The van der Waals surface area contributed by atoms with E-state index in [0.717, 1.165) is 19.3 Å². The van der Waals surface area contributed by atoms with Gasteiger partial charge >= 0.3 is 0 Å². The summed E-state index contributed by atoms with van der Waals surface area (Å²) in [5.41, 5.74) is 0.939. The zero-order valence-electron chi connectivity index (χ0n) is 13.1. The summed E-state index contributed by atoms with van der Waals surface area (Å²) in [6.07, 6.45) is 3.09. The second kappa shape index (κ2) is 7.77. The smallest absolute Gasteiger partial charge is 0.232 e. The van der Waals surface area contributed by atoms with Crippen molar-refractivity contribution in [2.75, 3.05) is 25.0 Å². The van der Waals surface area contributed by atoms with Crippen molar-refractivity contribution < 1.29 is 14.3 Å². The second-order valence-electron chi connectivity index (χ2n) is 5.27. The van der Waals surface area contributed by atoms with Crippen LogP contribution in [0.3, 0.4) is 0 Å². The Kier molecular flexibility index (Phi) is 5.75. The van der Waals surface area contributed by atoms with Gasteiger partial charge in [-0.05, 0) is 19.4 Å². The molecule has 0 fully saturated rings. The van der Waals surface area contributed by atoms with Crippen molar-refractivity contribution in [2.45, 2.75) is 33.1 Å². The number of unbranched alkanes of at least 4 members (excludes halogenated alkanes) is 2. The number of Topliss-reactive ketones (excluding diaryl/α,β-unsaturated/α-hetero) is 1. The topological polar surface area (TPSA) is 80.3 Å². The van der Waals surface area contributed by atoms with E-state index in [4.69, 9.17) is 4.74 Å². The summed E-state index contributed by atoms with van der Waals surface area (Å²) < 4.78 is 5.32. The minimum atomic E-state index is -0.724. The Hall–Kier alpha value is -2.11. The van der Waals surface area contributed by atoms with Crippen molar-refractivity contribution in [3.8, 4) is 5.88 Å². The number of ketones is 1. The van der Waals surface area contributed by atoms with Gasteiger partial charge in [-0.15, -0.1) is 0 Å². The lowest BCUT2D eigenvalue weighted by atomic mass is 9.95. The normalized spacial score (nSPS) is 16.6. The number of amides is 1. The van der Waals surface area contributed by atoms with Crippen molar-refractivity contribution >= 4 is 17.4 Å². The lowest BCUT2D eigenvalue weighted by molar-refractivity contribution is -0.123. The highest BCUT2D eigenvalue weighted by Crippen LogP contribution is 2.25. The van der Waals surface area contributed by atoms with E-state index in [0.29, 0.717) is 31.3 Å². The molecule has 0 saturated heterocycles. The zero-order valence-corrected chi connectivity index (χ0v) is 13.1. The number of pyridine rings is 1. The predicted octanol–water partition coefficient (Wildman–Crippen LogP) is 2.01. The van der Waals surface area contributed by atoms with E-state index in [2.05, 4.69) is 22.5 Å². The standard InChI is InChI=1S/C16H23N3O3/c1-3-5-6-9-17-16(21)11-10-18-12-7-8-13(22-4-2)19-14(12)15(11)20/h7-8,11,18H,3-6,9-10H2,1-2H3,(H,17,21). The molecule has 2 rings (SSSR count). The maximum Gasteiger partial charge on any atom is 0.232 e. The molecule has 1 unspecified atom stereocenters. The van der Waals surface area contributed by atoms with Gasteiger partial charge in [-0.1, -0.05) is 19.8 Å². The first-order chi connectivity index (χ1) is 10.7. The highest BCUT2D eigenvalue weighted by Gasteiger charge is 2.34. The Balaban J connectivity index is 2.03. The molecule has 1 aliphatic heterocycles. The number of rotatable bonds is 7. The maximum atomic E-state index is 12.5. The van der Waals surface area contributed by atoms with Gasteiger partial charge in [0.05, 0.1) is 12.3 Å². The average molecular weight is 305 g/mol. The van der Waals surface area contributed by atoms with Crippen LogP contribution in [-0.2, 0) is 4.79 Å². The van der Waals surface area contributed by atoms with E-state index in [1.165, 1.54) is 0 Å². The summed E-state index contributed by atoms with van der Waals surface area (Å²) in [6, 6.07) is 3.48. The lowest BCUT2D eigenvalue weighted by Crippen LogP contribution is -2.42. The number of carbonyl (C=O) groups is 2. The van der Waals surface area contributed by atoms with Crippen molar-refractivity contribution in [1.82, 2.24) is 10.3 Å². The molecule has 1 atom stereocenters. The molecule has 0 radical (unpaired) electrons. The van der Waals surface area contributed by atoms with Crippen LogP contribution in [0.4, 0.5) is 5.69 Å². The highest BCUT2D eigenvalue weighted by atomic mass is 16.5. The molecule has 0 aliphatic carbocycles. The molecule has 0 spiro atoms. The van der Waals surface area contributed by atoms with E-state index < -0.39 is 5.92 Å². The summed E-state index contributed by atoms with van der Waals surface area (Å²) >= 11 is 0. The van der Waals surface area contributed by atoms with E-state index in [1.54, 1.807) is 12.1 Å². The number of ether oxygens (including phenoxy) is 1. The molecule has 120 valence electrons. The average Bonchev–Trinajstić information content (AvgIpc) is 2.52. The van der Waals surface area contributed by atoms with Crippen LogP contribution in [0.5, 0.6) is 5.88 Å². The lowest BCUT2D eigenvalue weighted by Gasteiger charge is -2.23. The molecular weight excluding hydrogens is 282 g/mol. The molecule has 2 N–H and O–H groups in total. The third-order valence-corrected chi connectivity index (χ3v) is 3.60. The number of hydrogen-bond donors (Lipinski definition) is 2. The first-order valence-corrected chi connectivity index (χ1v) is 7.87. The minimum absolute atomic E-state index is 0.233. The van der Waals surface area contributed by atoms with Gasteiger partial charge in [0.25, 0.3) is 0 Å². The summed E-state index contributed by atoms with van der Waals surface area (Å²) in [5.74, 6) is -0.801. The van der Waals surface area contributed by atoms with Crippen LogP contribution in [0, 0.1) is 5.92 Å². The first-order valence-electron chi connectivity index (χ1n) is 7.87. The summed E-state index contributed by atoms with van der Waals surface area (Å²) in [6.45, 7) is 5.36. The van der Waals surface area contributed by atoms with E-state index in [9.17, 15) is 9.59 Å². The van der Waals surface area contributed by atoms with E-state index >= 15 is 0 Å². The molecule has 0 aromatic carbocycles. The summed E-state index contributed by atoms with van der Waals surface area (Å²) in [5, 5.41) is 5.92. The second-order valence-corrected chi connectivity index (χ2v) is 5.27. The SMILES string of the molecule is CCCCCNC(=O)C1CNc2ccc(OCC)nc2C1=O. The molecule has 6 nitrogen and oxygen atoms in total. The zero-order chi connectivity index (χ0) is 15.9. The summed E-state index contributed by atoms with van der Waals surface area (Å²) in [4.78, 5) is 28.9. The fourth-order valence-electron chi connectivity index (χ4n) is 2.39. The Morgan fingerprint density at radius 3 is 2.95 bits per heavy atom. The van der Waals surface area contributed by atoms with Crippen molar-refractivity contribution in [3.63, 3.8) is 0 Å². The third kappa shape index (κ3) is 3.75. The minimum Gasteiger partial charge on any atom is -0.478 e. The molecule has 1 amide bonds. The molecule has 2 heterocycles. The number of hydrogen-bond acceptors (Lipinski definition) is 5. The molecule has 0 bridgehead atoms. The Morgan fingerprint density at radius 2 is 2.23 bits per heavy atom. The van der Waals surface area contributed by atoms with Gasteiger partial charge in [0.15, 0.2) is 5.78 Å². The first kappa shape index (κ1) is 16.3. The maximum absolute atomic E-state index is 12.5. The largest absolute Gasteiger partial charge is 0.478 e. The molecular formula is C16H23N3O3. The third-order valence-electron chi connectivity index (χ3n) is 3.60. The van der Waals surface area contributed by atoms with E-state index in [1.807, 2.05) is 6.92 Å². The van der Waals surface area contributed by atoms with Crippen molar-refractivity contribution in [1.29, 1.82) is 0 Å². The number of aromatic nitrogens is 1. The van der Waals surface area contributed by atoms with Crippen LogP contribution in [-0.4, -0.2) is 36.4 Å². The highest BCUT2D eigenvalue weighted by molar-refractivity contribution is 6.13. The van der Waals surface area contributed by atoms with Crippen LogP contribution in [0.2, 0.25) is 0 Å². The van der Waals surface area contributed by atoms with Gasteiger partial charge < -0.3 is 15.4 Å². The molecule has 1 aromatic rings. The van der Waals surface area contributed by atoms with Gasteiger partial charge in [-0.3, -0.25) is 9.59 Å². The molecule has 1 aromatic heterocycles. The number of nitrogens with one attached hydrogen (secondary N) is 2. The van der Waals surface area contributed by atoms with Gasteiger partial charge in [0.2, 0.25) is 11.8 Å². The van der Waals surface area contributed by atoms with E-state index in [-0.39, 0.29) is 17.4 Å². The van der Waals surface area contributed by atoms with Gasteiger partial charge in [0.1, 0.15) is 11.6 Å². The molecule has 6 heteroatoms. The van der Waals surface area contributed by atoms with Crippen LogP contribution < -0.4 is 15.4 Å². The Bertz CT molecular complexity index is 545. The van der Waals surface area contributed by atoms with Crippen LogP contribution >= 0.6 is 0 Å². The Morgan fingerprint density at radius 1 is 1.41 bits per heavy atom. The summed E-state index contributed by atoms with van der Waals surface area (Å²) in [7, 11) is 0. The number of nitrogens with zero attached hydrogens (tertiary/aromatic N) is 1. The van der Waals surface area contributed by atoms with Crippen LogP contribution in [0.1, 0.15) is 43.6 Å². The van der Waals surface area contributed by atoms with Gasteiger partial charge in [-0.25, -0.2) is 4.98 Å². The number of fused-ring (bicyclic) bond motifs is 1. The van der Waals surface area contributed by atoms with Crippen LogP contribution in [0.25, 0.3) is 0 Å².